The van der Waals surface area contributed by atoms with Gasteiger partial charge < -0.3 is 4.74 Å². The van der Waals surface area contributed by atoms with E-state index in [9.17, 15) is 13.2 Å². The Hall–Kier alpha value is -1.40. The van der Waals surface area contributed by atoms with Gasteiger partial charge in [-0.25, -0.2) is 13.1 Å². The Balaban J connectivity index is 2.64. The molecular weight excluding hydrogens is 278 g/mol. The summed E-state index contributed by atoms with van der Waals surface area (Å²) in [7, 11) is -3.59. The molecule has 0 fully saturated rings. The van der Waals surface area contributed by atoms with Crippen LogP contribution in [0, 0.1) is 0 Å². The molecule has 0 bridgehead atoms. The lowest BCUT2D eigenvalue weighted by Gasteiger charge is -2.22. The number of benzene rings is 1. The zero-order valence-electron chi connectivity index (χ0n) is 12.2. The Kier molecular flexibility index (Phi) is 5.30. The predicted octanol–water partition coefficient (Wildman–Crippen LogP) is 1.84. The van der Waals surface area contributed by atoms with E-state index in [2.05, 4.69) is 4.72 Å². The van der Waals surface area contributed by atoms with Crippen LogP contribution in [0.3, 0.4) is 0 Å². The van der Waals surface area contributed by atoms with Crippen LogP contribution in [-0.4, -0.2) is 26.0 Å². The van der Waals surface area contributed by atoms with Gasteiger partial charge in [-0.3, -0.25) is 4.79 Å². The summed E-state index contributed by atoms with van der Waals surface area (Å²) in [6.45, 7) is 6.67. The molecule has 1 aromatic rings. The van der Waals surface area contributed by atoms with E-state index in [1.807, 2.05) is 6.07 Å². The molecule has 0 saturated carbocycles. The van der Waals surface area contributed by atoms with Gasteiger partial charge in [0.15, 0.2) is 0 Å². The molecule has 1 N–H and O–H groups in total. The first kappa shape index (κ1) is 16.7. The van der Waals surface area contributed by atoms with Crippen molar-refractivity contribution in [2.24, 2.45) is 0 Å². The smallest absolute Gasteiger partial charge is 0.324 e. The highest BCUT2D eigenvalue weighted by molar-refractivity contribution is 7.88. The summed E-state index contributed by atoms with van der Waals surface area (Å²) >= 11 is 0. The Morgan fingerprint density at radius 3 is 2.30 bits per heavy atom. The minimum atomic E-state index is -3.59. The third-order valence-electron chi connectivity index (χ3n) is 2.32. The second-order valence-corrected chi connectivity index (χ2v) is 7.37. The summed E-state index contributed by atoms with van der Waals surface area (Å²) in [5, 5.41) is 0. The van der Waals surface area contributed by atoms with Gasteiger partial charge in [0.25, 0.3) is 0 Å². The Labute approximate surface area is 120 Å². The van der Waals surface area contributed by atoms with E-state index in [4.69, 9.17) is 4.74 Å². The summed E-state index contributed by atoms with van der Waals surface area (Å²) in [5.41, 5.74) is 0.0207. The number of hydrogen-bond donors (Lipinski definition) is 1. The van der Waals surface area contributed by atoms with Crippen LogP contribution < -0.4 is 4.72 Å². The zero-order chi connectivity index (χ0) is 15.4. The molecular formula is C14H21NO4S. The highest BCUT2D eigenvalue weighted by Gasteiger charge is 2.25. The lowest BCUT2D eigenvalue weighted by atomic mass is 10.2. The standard InChI is InChI=1S/C14H21NO4S/c1-11(13(16)19-14(2,3)4)15-20(17,18)10-12-8-6-5-7-9-12/h5-9,11,15H,10H2,1-4H3/t11-/m1/s1. The van der Waals surface area contributed by atoms with Crippen molar-refractivity contribution >= 4 is 16.0 Å². The molecule has 0 aliphatic heterocycles. The van der Waals surface area contributed by atoms with E-state index < -0.39 is 27.6 Å². The molecule has 0 aliphatic rings. The highest BCUT2D eigenvalue weighted by Crippen LogP contribution is 2.10. The van der Waals surface area contributed by atoms with E-state index in [0.717, 1.165) is 0 Å². The fourth-order valence-electron chi connectivity index (χ4n) is 1.54. The first-order valence-corrected chi connectivity index (χ1v) is 8.01. The third-order valence-corrected chi connectivity index (χ3v) is 3.74. The normalized spacial score (nSPS) is 13.8. The van der Waals surface area contributed by atoms with Crippen LogP contribution >= 0.6 is 0 Å². The maximum absolute atomic E-state index is 12.0. The van der Waals surface area contributed by atoms with Gasteiger partial charge in [0.05, 0.1) is 5.75 Å². The zero-order valence-corrected chi connectivity index (χ0v) is 13.0. The molecule has 20 heavy (non-hydrogen) atoms. The van der Waals surface area contributed by atoms with E-state index in [-0.39, 0.29) is 5.75 Å². The number of carbonyl (C=O) groups excluding carboxylic acids is 1. The van der Waals surface area contributed by atoms with Crippen LogP contribution in [0.5, 0.6) is 0 Å². The summed E-state index contributed by atoms with van der Waals surface area (Å²) in [6.07, 6.45) is 0. The van der Waals surface area contributed by atoms with E-state index in [1.165, 1.54) is 6.92 Å². The Morgan fingerprint density at radius 2 is 1.80 bits per heavy atom. The minimum Gasteiger partial charge on any atom is -0.459 e. The van der Waals surface area contributed by atoms with Crippen molar-refractivity contribution in [3.05, 3.63) is 35.9 Å². The molecule has 0 radical (unpaired) electrons. The lowest BCUT2D eigenvalue weighted by Crippen LogP contribution is -2.42. The van der Waals surface area contributed by atoms with Crippen molar-refractivity contribution in [3.8, 4) is 0 Å². The molecule has 6 heteroatoms. The van der Waals surface area contributed by atoms with Crippen molar-refractivity contribution in [1.29, 1.82) is 0 Å². The molecule has 1 rings (SSSR count). The van der Waals surface area contributed by atoms with Gasteiger partial charge in [0.1, 0.15) is 11.6 Å². The summed E-state index contributed by atoms with van der Waals surface area (Å²) in [6, 6.07) is 7.87. The van der Waals surface area contributed by atoms with E-state index in [0.29, 0.717) is 5.56 Å². The van der Waals surface area contributed by atoms with Gasteiger partial charge in [-0.15, -0.1) is 0 Å². The van der Waals surface area contributed by atoms with Crippen LogP contribution in [0.2, 0.25) is 0 Å². The van der Waals surface area contributed by atoms with Crippen LogP contribution in [0.15, 0.2) is 30.3 Å². The molecule has 0 heterocycles. The van der Waals surface area contributed by atoms with Crippen LogP contribution in [0.4, 0.5) is 0 Å². The third kappa shape index (κ3) is 6.16. The monoisotopic (exact) mass is 299 g/mol. The molecule has 112 valence electrons. The molecule has 0 unspecified atom stereocenters. The number of hydrogen-bond acceptors (Lipinski definition) is 4. The average Bonchev–Trinajstić information content (AvgIpc) is 2.26. The summed E-state index contributed by atoms with van der Waals surface area (Å²) in [5.74, 6) is -0.754. The summed E-state index contributed by atoms with van der Waals surface area (Å²) < 4.78 is 31.4. The van der Waals surface area contributed by atoms with Crippen molar-refractivity contribution < 1.29 is 17.9 Å². The number of rotatable bonds is 5. The second-order valence-electron chi connectivity index (χ2n) is 5.62. The number of nitrogens with one attached hydrogen (secondary N) is 1. The maximum atomic E-state index is 12.0. The molecule has 0 saturated heterocycles. The molecule has 0 amide bonds. The largest absolute Gasteiger partial charge is 0.459 e. The SMILES string of the molecule is C[C@@H](NS(=O)(=O)Cc1ccccc1)C(=O)OC(C)(C)C. The van der Waals surface area contributed by atoms with Gasteiger partial charge in [0.2, 0.25) is 10.0 Å². The van der Waals surface area contributed by atoms with E-state index >= 15 is 0 Å². The quantitative estimate of drug-likeness (QED) is 0.842. The molecule has 1 aromatic carbocycles. The average molecular weight is 299 g/mol. The number of sulfonamides is 1. The molecule has 1 atom stereocenters. The predicted molar refractivity (Wildman–Crippen MR) is 77.5 cm³/mol. The molecule has 0 aromatic heterocycles. The lowest BCUT2D eigenvalue weighted by molar-refractivity contribution is -0.156. The van der Waals surface area contributed by atoms with Crippen molar-refractivity contribution in [2.75, 3.05) is 0 Å². The van der Waals surface area contributed by atoms with Crippen LogP contribution in [0.25, 0.3) is 0 Å². The Bertz CT molecular complexity index is 546. The Morgan fingerprint density at radius 1 is 1.25 bits per heavy atom. The number of esters is 1. The van der Waals surface area contributed by atoms with Crippen molar-refractivity contribution in [1.82, 2.24) is 4.72 Å². The van der Waals surface area contributed by atoms with Crippen molar-refractivity contribution in [3.63, 3.8) is 0 Å². The fourth-order valence-corrected chi connectivity index (χ4v) is 2.89. The van der Waals surface area contributed by atoms with Crippen LogP contribution in [0.1, 0.15) is 33.3 Å². The van der Waals surface area contributed by atoms with Gasteiger partial charge >= 0.3 is 5.97 Å². The minimum absolute atomic E-state index is 0.166. The van der Waals surface area contributed by atoms with Crippen molar-refractivity contribution in [2.45, 2.75) is 45.1 Å². The van der Waals surface area contributed by atoms with Gasteiger partial charge in [-0.2, -0.15) is 0 Å². The molecule has 0 spiro atoms. The first-order chi connectivity index (χ1) is 9.09. The van der Waals surface area contributed by atoms with Gasteiger partial charge in [-0.1, -0.05) is 30.3 Å². The number of ether oxygens (including phenoxy) is 1. The summed E-state index contributed by atoms with van der Waals surface area (Å²) in [4.78, 5) is 11.7. The molecule has 5 nitrogen and oxygen atoms in total. The second kappa shape index (κ2) is 6.37. The first-order valence-electron chi connectivity index (χ1n) is 6.36. The maximum Gasteiger partial charge on any atom is 0.324 e. The van der Waals surface area contributed by atoms with Gasteiger partial charge in [0, 0.05) is 0 Å². The highest BCUT2D eigenvalue weighted by atomic mass is 32.2. The number of carbonyl (C=O) groups is 1. The van der Waals surface area contributed by atoms with Gasteiger partial charge in [-0.05, 0) is 33.3 Å². The topological polar surface area (TPSA) is 72.5 Å². The van der Waals surface area contributed by atoms with Crippen LogP contribution in [-0.2, 0) is 25.3 Å². The molecule has 0 aliphatic carbocycles. The van der Waals surface area contributed by atoms with E-state index in [1.54, 1.807) is 45.0 Å². The fraction of sp³-hybridized carbons (Fsp3) is 0.500.